The summed E-state index contributed by atoms with van der Waals surface area (Å²) in [5.41, 5.74) is 0.769. The molecule has 4 rings (SSSR count). The van der Waals surface area contributed by atoms with Crippen molar-refractivity contribution in [2.24, 2.45) is 22.2 Å². The number of amides is 1. The predicted molar refractivity (Wildman–Crippen MR) is 73.0 cm³/mol. The standard InChI is InChI=1S/C16H25NO/c1-4-5-17-13(18)16-8-12-6-14(2,10-16)9-15(3,7-12)11-16/h4,12H,1,5-11H2,2-3H3,(H,17,18)/t12?,14-,15-,16?/m1/s1. The molecule has 0 spiro atoms. The Kier molecular flexibility index (Phi) is 2.46. The molecule has 4 bridgehead atoms. The van der Waals surface area contributed by atoms with Crippen LogP contribution in [0.4, 0.5) is 0 Å². The fourth-order valence-corrected chi connectivity index (χ4v) is 6.05. The normalized spacial score (nSPS) is 49.1. The van der Waals surface area contributed by atoms with Crippen molar-refractivity contribution in [1.29, 1.82) is 0 Å². The van der Waals surface area contributed by atoms with E-state index in [1.54, 1.807) is 6.08 Å². The number of rotatable bonds is 3. The van der Waals surface area contributed by atoms with Gasteiger partial charge in [0.2, 0.25) is 5.91 Å². The molecule has 0 aromatic carbocycles. The first-order valence-corrected chi connectivity index (χ1v) is 7.28. The number of nitrogens with one attached hydrogen (secondary N) is 1. The lowest BCUT2D eigenvalue weighted by Crippen LogP contribution is -2.59. The molecule has 0 aromatic heterocycles. The molecule has 4 fully saturated rings. The summed E-state index contributed by atoms with van der Waals surface area (Å²) >= 11 is 0. The van der Waals surface area contributed by atoms with E-state index in [0.29, 0.717) is 23.3 Å². The van der Waals surface area contributed by atoms with Crippen LogP contribution < -0.4 is 5.32 Å². The Hall–Kier alpha value is -0.790. The summed E-state index contributed by atoms with van der Waals surface area (Å²) in [4.78, 5) is 12.6. The molecule has 0 unspecified atom stereocenters. The van der Waals surface area contributed by atoms with Gasteiger partial charge in [0.05, 0.1) is 5.41 Å². The Bertz CT molecular complexity index is 382. The lowest BCUT2D eigenvalue weighted by molar-refractivity contribution is -0.169. The van der Waals surface area contributed by atoms with Crippen molar-refractivity contribution in [1.82, 2.24) is 5.32 Å². The lowest BCUT2D eigenvalue weighted by Gasteiger charge is -2.64. The van der Waals surface area contributed by atoms with Crippen LogP contribution in [0.25, 0.3) is 0 Å². The van der Waals surface area contributed by atoms with Crippen LogP contribution in [0.5, 0.6) is 0 Å². The number of hydrogen-bond acceptors (Lipinski definition) is 1. The molecule has 0 aliphatic heterocycles. The van der Waals surface area contributed by atoms with Gasteiger partial charge >= 0.3 is 0 Å². The third-order valence-electron chi connectivity index (χ3n) is 5.51. The Morgan fingerprint density at radius 3 is 2.33 bits per heavy atom. The zero-order chi connectivity index (χ0) is 13.0. The highest BCUT2D eigenvalue weighted by molar-refractivity contribution is 5.83. The first-order chi connectivity index (χ1) is 8.39. The van der Waals surface area contributed by atoms with Crippen LogP contribution >= 0.6 is 0 Å². The Labute approximate surface area is 110 Å². The fourth-order valence-electron chi connectivity index (χ4n) is 6.05. The van der Waals surface area contributed by atoms with Crippen LogP contribution in [-0.2, 0) is 4.79 Å². The van der Waals surface area contributed by atoms with E-state index in [0.717, 1.165) is 25.2 Å². The quantitative estimate of drug-likeness (QED) is 0.762. The maximum atomic E-state index is 12.6. The third-order valence-corrected chi connectivity index (χ3v) is 5.51. The summed E-state index contributed by atoms with van der Waals surface area (Å²) < 4.78 is 0. The van der Waals surface area contributed by atoms with Gasteiger partial charge in [0.15, 0.2) is 0 Å². The summed E-state index contributed by atoms with van der Waals surface area (Å²) in [6.07, 6.45) is 9.14. The number of carbonyl (C=O) groups excluding carboxylic acids is 1. The van der Waals surface area contributed by atoms with Gasteiger partial charge in [-0.05, 0) is 55.3 Å². The van der Waals surface area contributed by atoms with E-state index in [-0.39, 0.29) is 5.41 Å². The SMILES string of the molecule is C=CCNC(=O)C12CC3C[C@@](C)(C1)C[C@@](C)(C3)C2. The van der Waals surface area contributed by atoms with Crippen molar-refractivity contribution in [3.63, 3.8) is 0 Å². The minimum atomic E-state index is -0.0636. The van der Waals surface area contributed by atoms with Crippen LogP contribution in [0.2, 0.25) is 0 Å². The molecule has 1 N–H and O–H groups in total. The fraction of sp³-hybridized carbons (Fsp3) is 0.812. The molecule has 4 aliphatic carbocycles. The van der Waals surface area contributed by atoms with E-state index < -0.39 is 0 Å². The van der Waals surface area contributed by atoms with Gasteiger partial charge < -0.3 is 5.32 Å². The second-order valence-corrected chi connectivity index (χ2v) is 7.91. The second-order valence-electron chi connectivity index (χ2n) is 7.91. The van der Waals surface area contributed by atoms with E-state index in [2.05, 4.69) is 25.7 Å². The Morgan fingerprint density at radius 1 is 1.22 bits per heavy atom. The molecule has 18 heavy (non-hydrogen) atoms. The summed E-state index contributed by atoms with van der Waals surface area (Å²) in [5, 5.41) is 3.07. The monoisotopic (exact) mass is 247 g/mol. The smallest absolute Gasteiger partial charge is 0.226 e. The molecule has 1 amide bonds. The van der Waals surface area contributed by atoms with Gasteiger partial charge in [0.25, 0.3) is 0 Å². The minimum Gasteiger partial charge on any atom is -0.352 e. The zero-order valence-corrected chi connectivity index (χ0v) is 11.7. The van der Waals surface area contributed by atoms with Crippen LogP contribution in [0, 0.1) is 22.2 Å². The molecule has 2 nitrogen and oxygen atoms in total. The summed E-state index contributed by atoms with van der Waals surface area (Å²) in [5.74, 6) is 1.08. The molecule has 2 heteroatoms. The molecular weight excluding hydrogens is 222 g/mol. The largest absolute Gasteiger partial charge is 0.352 e. The van der Waals surface area contributed by atoms with Crippen molar-refractivity contribution in [2.75, 3.05) is 6.54 Å². The van der Waals surface area contributed by atoms with Crippen molar-refractivity contribution in [3.8, 4) is 0 Å². The van der Waals surface area contributed by atoms with Gasteiger partial charge in [-0.15, -0.1) is 6.58 Å². The van der Waals surface area contributed by atoms with Crippen LogP contribution in [-0.4, -0.2) is 12.5 Å². The first kappa shape index (κ1) is 12.3. The van der Waals surface area contributed by atoms with Gasteiger partial charge in [0.1, 0.15) is 0 Å². The highest BCUT2D eigenvalue weighted by Gasteiger charge is 2.62. The van der Waals surface area contributed by atoms with E-state index >= 15 is 0 Å². The highest BCUT2D eigenvalue weighted by Crippen LogP contribution is 2.69. The van der Waals surface area contributed by atoms with Crippen molar-refractivity contribution < 1.29 is 4.79 Å². The van der Waals surface area contributed by atoms with Crippen molar-refractivity contribution >= 4 is 5.91 Å². The van der Waals surface area contributed by atoms with Gasteiger partial charge in [-0.3, -0.25) is 4.79 Å². The van der Waals surface area contributed by atoms with Crippen LogP contribution in [0.1, 0.15) is 52.4 Å². The number of carbonyl (C=O) groups is 1. The average molecular weight is 247 g/mol. The molecule has 4 saturated carbocycles. The molecule has 4 aliphatic rings. The maximum absolute atomic E-state index is 12.6. The minimum absolute atomic E-state index is 0.0636. The molecule has 0 saturated heterocycles. The summed E-state index contributed by atoms with van der Waals surface area (Å²) in [6.45, 7) is 9.12. The van der Waals surface area contributed by atoms with Crippen LogP contribution in [0.15, 0.2) is 12.7 Å². The first-order valence-electron chi connectivity index (χ1n) is 7.28. The third kappa shape index (κ3) is 1.72. The van der Waals surface area contributed by atoms with Gasteiger partial charge in [-0.1, -0.05) is 19.9 Å². The Balaban J connectivity index is 1.89. The van der Waals surface area contributed by atoms with Crippen molar-refractivity contribution in [3.05, 3.63) is 12.7 Å². The molecular formula is C16H25NO. The topological polar surface area (TPSA) is 29.1 Å². The van der Waals surface area contributed by atoms with Gasteiger partial charge in [-0.25, -0.2) is 0 Å². The molecule has 2 atom stereocenters. The zero-order valence-electron chi connectivity index (χ0n) is 11.7. The maximum Gasteiger partial charge on any atom is 0.226 e. The van der Waals surface area contributed by atoms with E-state index in [1.165, 1.54) is 19.3 Å². The molecule has 0 heterocycles. The van der Waals surface area contributed by atoms with E-state index in [1.807, 2.05) is 0 Å². The highest BCUT2D eigenvalue weighted by atomic mass is 16.2. The second kappa shape index (κ2) is 3.61. The average Bonchev–Trinajstić information content (AvgIpc) is 2.20. The number of hydrogen-bond donors (Lipinski definition) is 1. The summed E-state index contributed by atoms with van der Waals surface area (Å²) in [7, 11) is 0. The Morgan fingerprint density at radius 2 is 1.83 bits per heavy atom. The lowest BCUT2D eigenvalue weighted by atomic mass is 9.40. The summed E-state index contributed by atoms with van der Waals surface area (Å²) in [6, 6.07) is 0. The molecule has 100 valence electrons. The van der Waals surface area contributed by atoms with Gasteiger partial charge in [0, 0.05) is 6.54 Å². The van der Waals surface area contributed by atoms with E-state index in [9.17, 15) is 4.79 Å². The molecule has 0 radical (unpaired) electrons. The van der Waals surface area contributed by atoms with Crippen LogP contribution in [0.3, 0.4) is 0 Å². The van der Waals surface area contributed by atoms with Crippen molar-refractivity contribution in [2.45, 2.75) is 52.4 Å². The predicted octanol–water partition coefficient (Wildman–Crippen LogP) is 3.29. The van der Waals surface area contributed by atoms with E-state index in [4.69, 9.17) is 0 Å². The van der Waals surface area contributed by atoms with Gasteiger partial charge in [-0.2, -0.15) is 0 Å². The molecule has 0 aromatic rings.